The first kappa shape index (κ1) is 15.7. The predicted molar refractivity (Wildman–Crippen MR) is 79.7 cm³/mol. The molecule has 0 aliphatic rings. The Bertz CT molecular complexity index is 641. The van der Waals surface area contributed by atoms with Gasteiger partial charge in [-0.15, -0.1) is 0 Å². The van der Waals surface area contributed by atoms with Crippen molar-refractivity contribution in [1.82, 2.24) is 5.32 Å². The second-order valence-corrected chi connectivity index (χ2v) is 4.78. The molecule has 0 bridgehead atoms. The number of hydrogen-bond acceptors (Lipinski definition) is 3. The molecular formula is C17H16FNO3. The summed E-state index contributed by atoms with van der Waals surface area (Å²) in [6.07, 6.45) is 0. The summed E-state index contributed by atoms with van der Waals surface area (Å²) in [6, 6.07) is 14.2. The van der Waals surface area contributed by atoms with Gasteiger partial charge in [-0.25, -0.2) is 9.18 Å². The third-order valence-electron chi connectivity index (χ3n) is 3.09. The number of carbonyl (C=O) groups excluding carboxylic acids is 2. The number of hydrogen-bond donors (Lipinski definition) is 1. The summed E-state index contributed by atoms with van der Waals surface area (Å²) in [6.45, 7) is 1.46. The molecule has 2 aromatic rings. The molecule has 0 aliphatic carbocycles. The van der Waals surface area contributed by atoms with Crippen LogP contribution in [0.5, 0.6) is 0 Å². The van der Waals surface area contributed by atoms with Crippen LogP contribution in [0.2, 0.25) is 0 Å². The smallest absolute Gasteiger partial charge is 0.338 e. The minimum absolute atomic E-state index is 0.182. The first-order valence-corrected chi connectivity index (χ1v) is 6.83. The lowest BCUT2D eigenvalue weighted by Gasteiger charge is -2.14. The molecule has 0 fully saturated rings. The summed E-state index contributed by atoms with van der Waals surface area (Å²) < 4.78 is 17.6. The van der Waals surface area contributed by atoms with Crippen LogP contribution in [0, 0.1) is 5.82 Å². The molecule has 114 valence electrons. The molecule has 0 saturated carbocycles. The van der Waals surface area contributed by atoms with Crippen molar-refractivity contribution in [3.8, 4) is 0 Å². The molecule has 5 heteroatoms. The van der Waals surface area contributed by atoms with Gasteiger partial charge in [0.2, 0.25) is 0 Å². The van der Waals surface area contributed by atoms with E-state index < -0.39 is 17.7 Å². The highest BCUT2D eigenvalue weighted by molar-refractivity contribution is 5.91. The Balaban J connectivity index is 1.82. The van der Waals surface area contributed by atoms with Crippen molar-refractivity contribution < 1.29 is 18.7 Å². The number of nitrogens with one attached hydrogen (secondary N) is 1. The Labute approximate surface area is 127 Å². The maximum atomic E-state index is 12.8. The number of halogens is 1. The Morgan fingerprint density at radius 3 is 2.36 bits per heavy atom. The maximum absolute atomic E-state index is 12.8. The van der Waals surface area contributed by atoms with Crippen LogP contribution in [0.15, 0.2) is 54.6 Å². The molecule has 0 heterocycles. The highest BCUT2D eigenvalue weighted by Gasteiger charge is 2.13. The normalized spacial score (nSPS) is 11.5. The Kier molecular flexibility index (Phi) is 5.25. The molecule has 0 spiro atoms. The van der Waals surface area contributed by atoms with E-state index in [1.807, 2.05) is 37.3 Å². The fraction of sp³-hybridized carbons (Fsp3) is 0.176. The molecule has 2 rings (SSSR count). The lowest BCUT2D eigenvalue weighted by atomic mass is 10.1. The van der Waals surface area contributed by atoms with E-state index in [2.05, 4.69) is 5.32 Å². The van der Waals surface area contributed by atoms with Crippen molar-refractivity contribution in [2.24, 2.45) is 0 Å². The molecule has 4 nitrogen and oxygen atoms in total. The standard InChI is InChI=1S/C17H16FNO3/c1-12(13-5-3-2-4-6-13)19-16(20)11-22-17(21)14-7-9-15(18)10-8-14/h2-10,12H,11H2,1H3,(H,19,20). The van der Waals surface area contributed by atoms with Gasteiger partial charge in [-0.1, -0.05) is 30.3 Å². The quantitative estimate of drug-likeness (QED) is 0.864. The summed E-state index contributed by atoms with van der Waals surface area (Å²) in [5, 5.41) is 2.74. The van der Waals surface area contributed by atoms with Crippen molar-refractivity contribution in [2.45, 2.75) is 13.0 Å². The fourth-order valence-electron chi connectivity index (χ4n) is 1.91. The molecule has 2 aromatic carbocycles. The van der Waals surface area contributed by atoms with E-state index in [4.69, 9.17) is 4.74 Å². The topological polar surface area (TPSA) is 55.4 Å². The molecule has 22 heavy (non-hydrogen) atoms. The van der Waals surface area contributed by atoms with Crippen molar-refractivity contribution >= 4 is 11.9 Å². The zero-order valence-electron chi connectivity index (χ0n) is 12.1. The highest BCUT2D eigenvalue weighted by atomic mass is 19.1. The summed E-state index contributed by atoms with van der Waals surface area (Å²) in [7, 11) is 0. The van der Waals surface area contributed by atoms with E-state index in [9.17, 15) is 14.0 Å². The number of esters is 1. The van der Waals surface area contributed by atoms with E-state index in [0.29, 0.717) is 0 Å². The van der Waals surface area contributed by atoms with Crippen LogP contribution in [0.4, 0.5) is 4.39 Å². The van der Waals surface area contributed by atoms with Crippen LogP contribution in [0.3, 0.4) is 0 Å². The number of rotatable bonds is 5. The van der Waals surface area contributed by atoms with Gasteiger partial charge in [0.05, 0.1) is 11.6 Å². The van der Waals surface area contributed by atoms with Crippen molar-refractivity contribution in [2.75, 3.05) is 6.61 Å². The van der Waals surface area contributed by atoms with Gasteiger partial charge >= 0.3 is 5.97 Å². The van der Waals surface area contributed by atoms with Crippen molar-refractivity contribution in [1.29, 1.82) is 0 Å². The molecule has 0 aromatic heterocycles. The van der Waals surface area contributed by atoms with Crippen LogP contribution in [0.25, 0.3) is 0 Å². The Hall–Kier alpha value is -2.69. The summed E-state index contributed by atoms with van der Waals surface area (Å²) in [5.41, 5.74) is 1.16. The van der Waals surface area contributed by atoms with Gasteiger partial charge < -0.3 is 10.1 Å². The molecule has 0 aliphatic heterocycles. The predicted octanol–water partition coefficient (Wildman–Crippen LogP) is 2.86. The molecule has 0 radical (unpaired) electrons. The van der Waals surface area contributed by atoms with Crippen LogP contribution in [-0.4, -0.2) is 18.5 Å². The van der Waals surface area contributed by atoms with Crippen LogP contribution >= 0.6 is 0 Å². The Morgan fingerprint density at radius 1 is 1.09 bits per heavy atom. The highest BCUT2D eigenvalue weighted by Crippen LogP contribution is 2.11. The summed E-state index contributed by atoms with van der Waals surface area (Å²) >= 11 is 0. The monoisotopic (exact) mass is 301 g/mol. The van der Waals surface area contributed by atoms with Gasteiger partial charge in [0.1, 0.15) is 5.82 Å². The molecule has 1 atom stereocenters. The zero-order valence-corrected chi connectivity index (χ0v) is 12.1. The number of amides is 1. The average Bonchev–Trinajstić information content (AvgIpc) is 2.54. The number of ether oxygens (including phenoxy) is 1. The second kappa shape index (κ2) is 7.36. The minimum Gasteiger partial charge on any atom is -0.452 e. The SMILES string of the molecule is CC(NC(=O)COC(=O)c1ccc(F)cc1)c1ccccc1. The van der Waals surface area contributed by atoms with Crippen molar-refractivity contribution in [3.63, 3.8) is 0 Å². The maximum Gasteiger partial charge on any atom is 0.338 e. The largest absolute Gasteiger partial charge is 0.452 e. The van der Waals surface area contributed by atoms with Crippen LogP contribution in [-0.2, 0) is 9.53 Å². The third kappa shape index (κ3) is 4.41. The summed E-state index contributed by atoms with van der Waals surface area (Å²) in [4.78, 5) is 23.5. The molecule has 1 N–H and O–H groups in total. The van der Waals surface area contributed by atoms with Gasteiger partial charge in [0.25, 0.3) is 5.91 Å². The first-order valence-electron chi connectivity index (χ1n) is 6.83. The number of benzene rings is 2. The second-order valence-electron chi connectivity index (χ2n) is 4.78. The van der Waals surface area contributed by atoms with Gasteiger partial charge in [-0.05, 0) is 36.8 Å². The van der Waals surface area contributed by atoms with E-state index >= 15 is 0 Å². The van der Waals surface area contributed by atoms with Gasteiger partial charge in [0.15, 0.2) is 6.61 Å². The zero-order chi connectivity index (χ0) is 15.9. The molecule has 1 amide bonds. The van der Waals surface area contributed by atoms with E-state index in [-0.39, 0.29) is 18.2 Å². The van der Waals surface area contributed by atoms with Gasteiger partial charge in [-0.2, -0.15) is 0 Å². The van der Waals surface area contributed by atoms with Gasteiger partial charge in [-0.3, -0.25) is 4.79 Å². The summed E-state index contributed by atoms with van der Waals surface area (Å²) in [5.74, 6) is -1.50. The fourth-order valence-corrected chi connectivity index (χ4v) is 1.91. The number of carbonyl (C=O) groups is 2. The van der Waals surface area contributed by atoms with E-state index in [0.717, 1.165) is 17.7 Å². The van der Waals surface area contributed by atoms with E-state index in [1.54, 1.807) is 0 Å². The van der Waals surface area contributed by atoms with Crippen molar-refractivity contribution in [3.05, 3.63) is 71.5 Å². The lowest BCUT2D eigenvalue weighted by molar-refractivity contribution is -0.124. The van der Waals surface area contributed by atoms with E-state index in [1.165, 1.54) is 12.1 Å². The Morgan fingerprint density at radius 2 is 1.73 bits per heavy atom. The minimum atomic E-state index is -0.664. The third-order valence-corrected chi connectivity index (χ3v) is 3.09. The molecule has 1 unspecified atom stereocenters. The average molecular weight is 301 g/mol. The lowest BCUT2D eigenvalue weighted by Crippen LogP contribution is -2.31. The van der Waals surface area contributed by atoms with Crippen LogP contribution in [0.1, 0.15) is 28.9 Å². The molecule has 0 saturated heterocycles. The molecular weight excluding hydrogens is 285 g/mol. The first-order chi connectivity index (χ1) is 10.6. The van der Waals surface area contributed by atoms with Gasteiger partial charge in [0, 0.05) is 0 Å². The van der Waals surface area contributed by atoms with Crippen LogP contribution < -0.4 is 5.32 Å².